The third kappa shape index (κ3) is 1.62. The predicted octanol–water partition coefficient (Wildman–Crippen LogP) is 1.46. The highest BCUT2D eigenvalue weighted by Crippen LogP contribution is 2.62. The van der Waals surface area contributed by atoms with Crippen LogP contribution in [-0.4, -0.2) is 26.5 Å². The molecule has 0 aromatic rings. The Morgan fingerprint density at radius 2 is 2.33 bits per heavy atom. The van der Waals surface area contributed by atoms with Crippen LogP contribution in [0, 0.1) is 0 Å². The molecule has 1 aliphatic heterocycles. The lowest BCUT2D eigenvalue weighted by molar-refractivity contribution is 0.237. The van der Waals surface area contributed by atoms with Gasteiger partial charge in [-0.25, -0.2) is 0 Å². The van der Waals surface area contributed by atoms with Crippen molar-refractivity contribution < 1.29 is 13.6 Å². The van der Waals surface area contributed by atoms with Gasteiger partial charge in [0, 0.05) is 0 Å². The molecule has 0 saturated carbocycles. The maximum absolute atomic E-state index is 5.36. The summed E-state index contributed by atoms with van der Waals surface area (Å²) >= 11 is 0. The van der Waals surface area contributed by atoms with Gasteiger partial charge in [-0.2, -0.15) is 13.6 Å². The van der Waals surface area contributed by atoms with Crippen molar-refractivity contribution in [2.24, 2.45) is 0 Å². The summed E-state index contributed by atoms with van der Waals surface area (Å²) in [4.78, 5) is 0. The molecule has 0 spiro atoms. The van der Waals surface area contributed by atoms with E-state index < -0.39 is 7.94 Å². The molecule has 0 aromatic heterocycles. The van der Waals surface area contributed by atoms with Crippen LogP contribution in [-0.2, 0) is 13.6 Å². The molecule has 1 saturated heterocycles. The second-order valence-corrected chi connectivity index (χ2v) is 4.54. The highest BCUT2D eigenvalue weighted by molar-refractivity contribution is 7.61. The van der Waals surface area contributed by atoms with E-state index in [-0.39, 0.29) is 6.10 Å². The van der Waals surface area contributed by atoms with Crippen molar-refractivity contribution >= 4 is 7.94 Å². The standard InChI is InChI=1S/C5H12O3P/c1-5-4-7-9(3,6-2)8-5/h5H,4H2,1-3H3/q+1. The zero-order chi connectivity index (χ0) is 6.91. The van der Waals surface area contributed by atoms with Crippen molar-refractivity contribution in [2.45, 2.75) is 13.0 Å². The second-order valence-electron chi connectivity index (χ2n) is 2.17. The Bertz CT molecular complexity index is 108. The van der Waals surface area contributed by atoms with Crippen molar-refractivity contribution in [3.05, 3.63) is 0 Å². The normalized spacial score (nSPS) is 43.7. The third-order valence-electron chi connectivity index (χ3n) is 1.25. The first kappa shape index (κ1) is 7.42. The quantitative estimate of drug-likeness (QED) is 0.531. The molecule has 2 unspecified atom stereocenters. The molecule has 1 aliphatic rings. The summed E-state index contributed by atoms with van der Waals surface area (Å²) in [6.45, 7) is 4.51. The van der Waals surface area contributed by atoms with E-state index in [1.54, 1.807) is 7.11 Å². The predicted molar refractivity (Wildman–Crippen MR) is 36.4 cm³/mol. The maximum atomic E-state index is 5.36. The third-order valence-corrected chi connectivity index (χ3v) is 3.27. The van der Waals surface area contributed by atoms with E-state index in [1.165, 1.54) is 0 Å². The average molecular weight is 151 g/mol. The monoisotopic (exact) mass is 151 g/mol. The van der Waals surface area contributed by atoms with Crippen LogP contribution in [0.5, 0.6) is 0 Å². The van der Waals surface area contributed by atoms with Crippen LogP contribution in [0.1, 0.15) is 6.92 Å². The maximum Gasteiger partial charge on any atom is 0.408 e. The van der Waals surface area contributed by atoms with Gasteiger partial charge in [0.15, 0.2) is 0 Å². The Labute approximate surface area is 55.9 Å². The Hall–Kier alpha value is 0.310. The Balaban J connectivity index is 2.45. The largest absolute Gasteiger partial charge is 0.408 e. The van der Waals surface area contributed by atoms with E-state index in [0.717, 1.165) is 0 Å². The number of hydrogen-bond donors (Lipinski definition) is 0. The van der Waals surface area contributed by atoms with Crippen LogP contribution in [0.25, 0.3) is 0 Å². The topological polar surface area (TPSA) is 27.7 Å². The summed E-state index contributed by atoms with van der Waals surface area (Å²) in [5, 5.41) is 0. The summed E-state index contributed by atoms with van der Waals surface area (Å²) < 4.78 is 15.7. The molecular formula is C5H12O3P+. The number of hydrogen-bond acceptors (Lipinski definition) is 3. The first-order valence-electron chi connectivity index (χ1n) is 2.91. The summed E-state index contributed by atoms with van der Waals surface area (Å²) in [7, 11) is -0.240. The van der Waals surface area contributed by atoms with Crippen molar-refractivity contribution in [1.29, 1.82) is 0 Å². The summed E-state index contributed by atoms with van der Waals surface area (Å²) in [5.41, 5.74) is 0. The van der Waals surface area contributed by atoms with Gasteiger partial charge in [-0.1, -0.05) is 0 Å². The molecule has 0 amide bonds. The van der Waals surface area contributed by atoms with E-state index in [4.69, 9.17) is 13.6 Å². The van der Waals surface area contributed by atoms with Crippen LogP contribution < -0.4 is 0 Å². The van der Waals surface area contributed by atoms with Crippen LogP contribution >= 0.6 is 7.94 Å². The van der Waals surface area contributed by atoms with E-state index in [1.807, 2.05) is 13.6 Å². The van der Waals surface area contributed by atoms with Gasteiger partial charge in [0.25, 0.3) is 0 Å². The molecular weight excluding hydrogens is 139 g/mol. The number of rotatable bonds is 1. The molecule has 2 atom stereocenters. The van der Waals surface area contributed by atoms with Crippen LogP contribution in [0.4, 0.5) is 0 Å². The molecule has 1 fully saturated rings. The lowest BCUT2D eigenvalue weighted by atomic mass is 10.5. The molecule has 0 aromatic carbocycles. The Morgan fingerprint density at radius 1 is 1.67 bits per heavy atom. The molecule has 54 valence electrons. The Kier molecular flexibility index (Phi) is 2.07. The van der Waals surface area contributed by atoms with Crippen molar-refractivity contribution in [2.75, 3.05) is 20.4 Å². The van der Waals surface area contributed by atoms with E-state index in [2.05, 4.69) is 0 Å². The van der Waals surface area contributed by atoms with Gasteiger partial charge in [0.2, 0.25) is 0 Å². The SMILES string of the molecule is CO[P+]1(C)OCC(C)O1. The van der Waals surface area contributed by atoms with E-state index in [0.29, 0.717) is 6.61 Å². The molecule has 4 heteroatoms. The minimum absolute atomic E-state index is 0.197. The van der Waals surface area contributed by atoms with E-state index >= 15 is 0 Å². The van der Waals surface area contributed by atoms with Crippen molar-refractivity contribution in [3.8, 4) is 0 Å². The molecule has 0 bridgehead atoms. The van der Waals surface area contributed by atoms with Gasteiger partial charge in [-0.15, -0.1) is 0 Å². The van der Waals surface area contributed by atoms with E-state index in [9.17, 15) is 0 Å². The Morgan fingerprint density at radius 3 is 2.56 bits per heavy atom. The molecule has 1 heterocycles. The van der Waals surface area contributed by atoms with Gasteiger partial charge in [-0.05, 0) is 6.92 Å². The van der Waals surface area contributed by atoms with Gasteiger partial charge >= 0.3 is 7.94 Å². The molecule has 1 rings (SSSR count). The van der Waals surface area contributed by atoms with Gasteiger partial charge in [0.1, 0.15) is 19.4 Å². The minimum atomic E-state index is -1.86. The first-order chi connectivity index (χ1) is 4.16. The summed E-state index contributed by atoms with van der Waals surface area (Å²) in [5.74, 6) is 0. The van der Waals surface area contributed by atoms with Gasteiger partial charge < -0.3 is 0 Å². The van der Waals surface area contributed by atoms with Crippen molar-refractivity contribution in [3.63, 3.8) is 0 Å². The zero-order valence-electron chi connectivity index (χ0n) is 5.96. The molecule has 0 radical (unpaired) electrons. The average Bonchev–Trinajstić information content (AvgIpc) is 2.13. The smallest absolute Gasteiger partial charge is 0.182 e. The van der Waals surface area contributed by atoms with Crippen LogP contribution in [0.3, 0.4) is 0 Å². The lowest BCUT2D eigenvalue weighted by Gasteiger charge is -2.06. The van der Waals surface area contributed by atoms with Crippen LogP contribution in [0.2, 0.25) is 0 Å². The second kappa shape index (κ2) is 2.51. The van der Waals surface area contributed by atoms with Crippen LogP contribution in [0.15, 0.2) is 0 Å². The fourth-order valence-electron chi connectivity index (χ4n) is 0.724. The summed E-state index contributed by atoms with van der Waals surface area (Å²) in [6, 6.07) is 0. The highest BCUT2D eigenvalue weighted by Gasteiger charge is 2.46. The van der Waals surface area contributed by atoms with Crippen molar-refractivity contribution in [1.82, 2.24) is 0 Å². The van der Waals surface area contributed by atoms with Gasteiger partial charge in [-0.3, -0.25) is 0 Å². The van der Waals surface area contributed by atoms with Gasteiger partial charge in [0.05, 0.1) is 7.11 Å². The fraction of sp³-hybridized carbons (Fsp3) is 1.00. The fourth-order valence-corrected chi connectivity index (χ4v) is 2.17. The first-order valence-corrected chi connectivity index (χ1v) is 4.90. The molecule has 9 heavy (non-hydrogen) atoms. The zero-order valence-corrected chi connectivity index (χ0v) is 6.85. The molecule has 0 aliphatic carbocycles. The molecule has 3 nitrogen and oxygen atoms in total. The highest BCUT2D eigenvalue weighted by atomic mass is 31.2. The molecule has 0 N–H and O–H groups in total. The lowest BCUT2D eigenvalue weighted by Crippen LogP contribution is -2.00. The minimum Gasteiger partial charge on any atom is -0.182 e. The summed E-state index contributed by atoms with van der Waals surface area (Å²) in [6.07, 6.45) is 0.197.